The number of hydrogen-bond donors (Lipinski definition) is 7. The normalized spacial score (nSPS) is 53.0. The standard InChI is InChI=1S/C35H59N2O7P/c1-30(2)13-14-34(29(45)37-28(43)27-26(42)25(41)20(17-38)44-27)19(15-30)18-7-8-22-32(5)11-10-23(39)31(3,4)21(32)9-12-33(22,6)35(18,36)16-24(34)40/h7,19-28,38-43H,8-17,36,45H2,1-6H3/t19?,20?,21?,22?,23-,24+,25-,26+,27?,28-,32-,33+,34+,35-/m0/s1. The van der Waals surface area contributed by atoms with Crippen LogP contribution in [0.15, 0.2) is 16.6 Å². The van der Waals surface area contributed by atoms with Crippen molar-refractivity contribution in [3.63, 3.8) is 0 Å². The molecular formula is C35H59N2O7P. The lowest BCUT2D eigenvalue weighted by molar-refractivity contribution is -0.194. The van der Waals surface area contributed by atoms with Crippen LogP contribution in [-0.2, 0) is 4.74 Å². The summed E-state index contributed by atoms with van der Waals surface area (Å²) >= 11 is 0. The molecule has 6 unspecified atom stereocenters. The number of aliphatic imine (C=N–C) groups is 1. The van der Waals surface area contributed by atoms with Gasteiger partial charge in [0.25, 0.3) is 0 Å². The fourth-order valence-electron chi connectivity index (χ4n) is 12.0. The van der Waals surface area contributed by atoms with E-state index in [1.165, 1.54) is 5.57 Å². The predicted molar refractivity (Wildman–Crippen MR) is 176 cm³/mol. The molecule has 1 heterocycles. The monoisotopic (exact) mass is 650 g/mol. The molecule has 5 fully saturated rings. The van der Waals surface area contributed by atoms with Gasteiger partial charge in [0.15, 0.2) is 6.23 Å². The molecule has 0 radical (unpaired) electrons. The number of fused-ring (bicyclic) bond motifs is 7. The summed E-state index contributed by atoms with van der Waals surface area (Å²) in [5, 5.41) is 65.0. The van der Waals surface area contributed by atoms with Crippen LogP contribution in [0.5, 0.6) is 0 Å². The predicted octanol–water partition coefficient (Wildman–Crippen LogP) is 2.88. The highest BCUT2D eigenvalue weighted by molar-refractivity contribution is 7.41. The molecule has 0 aromatic carbocycles. The summed E-state index contributed by atoms with van der Waals surface area (Å²) in [6.07, 6.45) is 2.32. The Hall–Kier alpha value is -0.480. The van der Waals surface area contributed by atoms with Crippen molar-refractivity contribution in [3.8, 4) is 0 Å². The van der Waals surface area contributed by atoms with Crippen LogP contribution in [0.2, 0.25) is 0 Å². The van der Waals surface area contributed by atoms with Gasteiger partial charge in [-0.05, 0) is 103 Å². The number of nitrogens with zero attached hydrogens (tertiary/aromatic N) is 1. The van der Waals surface area contributed by atoms with Gasteiger partial charge < -0.3 is 41.1 Å². The largest absolute Gasteiger partial charge is 0.394 e. The quantitative estimate of drug-likeness (QED) is 0.138. The minimum atomic E-state index is -1.48. The fourth-order valence-corrected chi connectivity index (χ4v) is 12.7. The summed E-state index contributed by atoms with van der Waals surface area (Å²) in [5.41, 5.74) is 7.69. The summed E-state index contributed by atoms with van der Waals surface area (Å²) in [6.45, 7) is 13.4. The Morgan fingerprint density at radius 1 is 0.956 bits per heavy atom. The topological polar surface area (TPSA) is 169 Å². The maximum absolute atomic E-state index is 12.4. The maximum atomic E-state index is 12.4. The number of hydrogen-bond acceptors (Lipinski definition) is 9. The molecular weight excluding hydrogens is 591 g/mol. The van der Waals surface area contributed by atoms with Crippen molar-refractivity contribution in [2.45, 2.75) is 148 Å². The van der Waals surface area contributed by atoms with Crippen molar-refractivity contribution >= 4 is 14.7 Å². The summed E-state index contributed by atoms with van der Waals surface area (Å²) in [4.78, 5) is 4.66. The Balaban J connectivity index is 1.40. The first-order chi connectivity index (χ1) is 20.8. The summed E-state index contributed by atoms with van der Waals surface area (Å²) in [5.74, 6) is 0.644. The van der Waals surface area contributed by atoms with Gasteiger partial charge in [-0.25, -0.2) is 0 Å². The van der Waals surface area contributed by atoms with Gasteiger partial charge in [0.2, 0.25) is 0 Å². The van der Waals surface area contributed by atoms with Gasteiger partial charge in [-0.3, -0.25) is 4.99 Å². The van der Waals surface area contributed by atoms with E-state index in [4.69, 9.17) is 10.5 Å². The van der Waals surface area contributed by atoms with Gasteiger partial charge >= 0.3 is 0 Å². The smallest absolute Gasteiger partial charge is 0.174 e. The lowest BCUT2D eigenvalue weighted by atomic mass is 9.35. The Labute approximate surface area is 271 Å². The Morgan fingerprint density at radius 2 is 1.64 bits per heavy atom. The number of aliphatic hydroxyl groups excluding tert-OH is 6. The molecule has 5 aliphatic carbocycles. The van der Waals surface area contributed by atoms with Crippen LogP contribution >= 0.6 is 9.24 Å². The molecule has 9 nitrogen and oxygen atoms in total. The van der Waals surface area contributed by atoms with E-state index in [9.17, 15) is 30.6 Å². The maximum Gasteiger partial charge on any atom is 0.174 e. The highest BCUT2D eigenvalue weighted by Crippen LogP contribution is 2.72. The van der Waals surface area contributed by atoms with Gasteiger partial charge in [0.05, 0.1) is 18.8 Å². The number of ether oxygens (including phenoxy) is 1. The third-order valence-electron chi connectivity index (χ3n) is 14.8. The molecule has 4 saturated carbocycles. The lowest BCUT2D eigenvalue weighted by Crippen LogP contribution is -2.73. The molecule has 0 aromatic rings. The van der Waals surface area contributed by atoms with E-state index in [0.717, 1.165) is 44.9 Å². The van der Waals surface area contributed by atoms with E-state index in [1.807, 2.05) is 0 Å². The van der Waals surface area contributed by atoms with E-state index >= 15 is 0 Å². The molecule has 6 rings (SSSR count). The van der Waals surface area contributed by atoms with Gasteiger partial charge in [-0.1, -0.05) is 56.9 Å². The van der Waals surface area contributed by atoms with Crippen molar-refractivity contribution in [2.24, 2.45) is 55.6 Å². The van der Waals surface area contributed by atoms with Gasteiger partial charge in [0, 0.05) is 16.4 Å². The van der Waals surface area contributed by atoms with E-state index in [1.54, 1.807) is 0 Å². The van der Waals surface area contributed by atoms with Crippen LogP contribution in [0.3, 0.4) is 0 Å². The second-order valence-corrected chi connectivity index (χ2v) is 18.3. The van der Waals surface area contributed by atoms with Crippen LogP contribution < -0.4 is 5.73 Å². The van der Waals surface area contributed by atoms with Crippen molar-refractivity contribution in [1.82, 2.24) is 0 Å². The Bertz CT molecular complexity index is 1240. The van der Waals surface area contributed by atoms with Crippen molar-refractivity contribution in [2.75, 3.05) is 6.61 Å². The third-order valence-corrected chi connectivity index (χ3v) is 15.5. The zero-order valence-electron chi connectivity index (χ0n) is 28.1. The zero-order chi connectivity index (χ0) is 33.1. The first-order valence-electron chi connectivity index (χ1n) is 17.3. The zero-order valence-corrected chi connectivity index (χ0v) is 29.3. The fraction of sp³-hybridized carbons (Fsp3) is 0.914. The highest BCUT2D eigenvalue weighted by atomic mass is 31.0. The first-order valence-corrected chi connectivity index (χ1v) is 17.9. The average Bonchev–Trinajstić information content (AvgIpc) is 3.24. The molecule has 0 spiro atoms. The first kappa shape index (κ1) is 34.4. The SMILES string of the molecule is CC1(C)CC[C@@]2(C(P)=N[C@@H](O)C3OC(CO)[C@H](O)[C@H]3O)C(C1)C1=CCC3[C@@]4(C)CC[C@H](O)C(C)(C)C4CC[C@@]3(C)[C@]1(N)C[C@H]2O. The molecule has 0 amide bonds. The average molecular weight is 651 g/mol. The molecule has 15 atom stereocenters. The minimum absolute atomic E-state index is 0.0185. The molecule has 0 aromatic heterocycles. The van der Waals surface area contributed by atoms with Crippen LogP contribution in [0, 0.1) is 44.8 Å². The number of allylic oxidation sites excluding steroid dienone is 1. The van der Waals surface area contributed by atoms with Crippen molar-refractivity contribution in [3.05, 3.63) is 11.6 Å². The van der Waals surface area contributed by atoms with E-state index < -0.39 is 54.3 Å². The second-order valence-electron chi connectivity index (χ2n) is 17.7. The summed E-state index contributed by atoms with van der Waals surface area (Å²) in [6, 6.07) is 0. The highest BCUT2D eigenvalue weighted by Gasteiger charge is 2.70. The molecule has 10 heteroatoms. The van der Waals surface area contributed by atoms with E-state index in [-0.39, 0.29) is 33.7 Å². The van der Waals surface area contributed by atoms with Gasteiger partial charge in [-0.2, -0.15) is 0 Å². The Morgan fingerprint density at radius 3 is 2.29 bits per heavy atom. The van der Waals surface area contributed by atoms with Gasteiger partial charge in [-0.15, -0.1) is 0 Å². The number of aliphatic hydroxyl groups is 6. The van der Waals surface area contributed by atoms with Crippen molar-refractivity contribution in [1.29, 1.82) is 0 Å². The minimum Gasteiger partial charge on any atom is -0.394 e. The van der Waals surface area contributed by atoms with E-state index in [2.05, 4.69) is 61.9 Å². The second kappa shape index (κ2) is 11.0. The van der Waals surface area contributed by atoms with Gasteiger partial charge in [0.1, 0.15) is 24.4 Å². The van der Waals surface area contributed by atoms with Crippen molar-refractivity contribution < 1.29 is 35.4 Å². The number of nitrogens with two attached hydrogens (primary N) is 1. The van der Waals surface area contributed by atoms with Crippen LogP contribution in [0.25, 0.3) is 0 Å². The molecule has 0 bridgehead atoms. The number of rotatable bonds is 4. The molecule has 45 heavy (non-hydrogen) atoms. The third kappa shape index (κ3) is 4.69. The Kier molecular flexibility index (Phi) is 8.42. The van der Waals surface area contributed by atoms with Crippen LogP contribution in [0.1, 0.15) is 99.3 Å². The van der Waals surface area contributed by atoms with Crippen LogP contribution in [0.4, 0.5) is 0 Å². The molecule has 256 valence electrons. The molecule has 1 saturated heterocycles. The van der Waals surface area contributed by atoms with E-state index in [0.29, 0.717) is 30.1 Å². The molecule has 8 N–H and O–H groups in total. The summed E-state index contributed by atoms with van der Waals surface area (Å²) in [7, 11) is 2.70. The summed E-state index contributed by atoms with van der Waals surface area (Å²) < 4.78 is 5.60. The lowest BCUT2D eigenvalue weighted by Gasteiger charge is -2.71. The van der Waals surface area contributed by atoms with Crippen LogP contribution in [-0.4, -0.2) is 91.1 Å². The molecule has 6 aliphatic rings. The molecule has 1 aliphatic heterocycles.